The first-order chi connectivity index (χ1) is 12.0. The summed E-state index contributed by atoms with van der Waals surface area (Å²) in [6.45, 7) is 2.48. The average molecular weight is 348 g/mol. The Morgan fingerprint density at radius 3 is 2.88 bits per heavy atom. The molecule has 7 nitrogen and oxygen atoms in total. The fourth-order valence-corrected chi connectivity index (χ4v) is 3.02. The lowest BCUT2D eigenvalue weighted by Crippen LogP contribution is -2.25. The highest BCUT2D eigenvalue weighted by atomic mass is 19.3. The fourth-order valence-electron chi connectivity index (χ4n) is 3.02. The number of rotatable bonds is 3. The van der Waals surface area contributed by atoms with E-state index in [9.17, 15) is 8.78 Å². The first-order valence-electron chi connectivity index (χ1n) is 8.09. The Morgan fingerprint density at radius 2 is 2.12 bits per heavy atom. The molecular formula is C16H18F2N6O. The molecule has 2 aromatic rings. The van der Waals surface area contributed by atoms with Crippen molar-refractivity contribution in [1.29, 1.82) is 0 Å². The lowest BCUT2D eigenvalue weighted by molar-refractivity contribution is 0.0320. The van der Waals surface area contributed by atoms with Gasteiger partial charge in [-0.15, -0.1) is 0 Å². The van der Waals surface area contributed by atoms with Crippen molar-refractivity contribution in [2.24, 2.45) is 0 Å². The molecule has 132 valence electrons. The topological polar surface area (TPSA) is 61.0 Å². The van der Waals surface area contributed by atoms with E-state index >= 15 is 0 Å². The van der Waals surface area contributed by atoms with Crippen LogP contribution in [0.1, 0.15) is 25.7 Å². The Hall–Kier alpha value is -2.55. The molecule has 0 aliphatic carbocycles. The number of hydrogen-bond acceptors (Lipinski definition) is 5. The van der Waals surface area contributed by atoms with Crippen molar-refractivity contribution in [3.63, 3.8) is 0 Å². The van der Waals surface area contributed by atoms with E-state index in [1.54, 1.807) is 10.8 Å². The van der Waals surface area contributed by atoms with Gasteiger partial charge in [0, 0.05) is 36.8 Å². The van der Waals surface area contributed by atoms with E-state index in [-0.39, 0.29) is 12.1 Å². The second-order valence-corrected chi connectivity index (χ2v) is 6.21. The minimum atomic E-state index is -2.61. The van der Waals surface area contributed by atoms with Crippen LogP contribution in [0.15, 0.2) is 31.0 Å². The molecule has 0 fully saturated rings. The third-order valence-electron chi connectivity index (χ3n) is 4.21. The molecule has 4 rings (SSSR count). The molecule has 25 heavy (non-hydrogen) atoms. The second-order valence-electron chi connectivity index (χ2n) is 6.21. The summed E-state index contributed by atoms with van der Waals surface area (Å²) in [5, 5.41) is 4.23. The Kier molecular flexibility index (Phi) is 3.87. The largest absolute Gasteiger partial charge is 0.367 e. The molecule has 2 aliphatic rings. The molecule has 0 amide bonds. The van der Waals surface area contributed by atoms with E-state index in [1.165, 1.54) is 18.7 Å². The van der Waals surface area contributed by atoms with Gasteiger partial charge in [-0.05, 0) is 19.9 Å². The first kappa shape index (κ1) is 15.9. The zero-order chi connectivity index (χ0) is 17.6. The summed E-state index contributed by atoms with van der Waals surface area (Å²) in [7, 11) is 0. The highest BCUT2D eigenvalue weighted by Gasteiger charge is 2.29. The molecule has 0 saturated carbocycles. The predicted octanol–water partition coefficient (Wildman–Crippen LogP) is 2.51. The van der Waals surface area contributed by atoms with Crippen molar-refractivity contribution < 1.29 is 13.5 Å². The van der Waals surface area contributed by atoms with Gasteiger partial charge in [0.15, 0.2) is 5.82 Å². The van der Waals surface area contributed by atoms with E-state index in [0.29, 0.717) is 36.1 Å². The second kappa shape index (κ2) is 6.07. The van der Waals surface area contributed by atoms with Crippen LogP contribution in [0.5, 0.6) is 0 Å². The van der Waals surface area contributed by atoms with Crippen molar-refractivity contribution in [3.8, 4) is 11.5 Å². The summed E-state index contributed by atoms with van der Waals surface area (Å²) in [5.74, 6) is 1.27. The summed E-state index contributed by atoms with van der Waals surface area (Å²) in [6, 6.07) is 0.140. The van der Waals surface area contributed by atoms with Gasteiger partial charge in [0.2, 0.25) is 0 Å². The van der Waals surface area contributed by atoms with Gasteiger partial charge >= 0.3 is 6.55 Å². The van der Waals surface area contributed by atoms with E-state index in [1.807, 2.05) is 24.6 Å². The number of fused-ring (bicyclic) bond motifs is 3. The summed E-state index contributed by atoms with van der Waals surface area (Å²) < 4.78 is 35.6. The van der Waals surface area contributed by atoms with E-state index in [2.05, 4.69) is 15.1 Å². The minimum Gasteiger partial charge on any atom is -0.367 e. The van der Waals surface area contributed by atoms with Gasteiger partial charge in [-0.3, -0.25) is 4.90 Å². The van der Waals surface area contributed by atoms with Crippen molar-refractivity contribution in [2.75, 3.05) is 6.61 Å². The smallest absolute Gasteiger partial charge is 0.318 e. The quantitative estimate of drug-likeness (QED) is 0.798. The van der Waals surface area contributed by atoms with Crippen molar-refractivity contribution >= 4 is 5.57 Å². The zero-order valence-electron chi connectivity index (χ0n) is 13.9. The fraction of sp³-hybridized carbons (Fsp3) is 0.438. The summed E-state index contributed by atoms with van der Waals surface area (Å²) in [6.07, 6.45) is 7.35. The Morgan fingerprint density at radius 1 is 1.28 bits per heavy atom. The minimum absolute atomic E-state index is 0.140. The number of ether oxygens (including phenoxy) is 1. The van der Waals surface area contributed by atoms with Crippen LogP contribution in [0.3, 0.4) is 0 Å². The molecule has 2 aromatic heterocycles. The van der Waals surface area contributed by atoms with Crippen LogP contribution in [-0.2, 0) is 11.3 Å². The average Bonchev–Trinajstić information content (AvgIpc) is 3.18. The van der Waals surface area contributed by atoms with Gasteiger partial charge in [-0.1, -0.05) is 0 Å². The Bertz CT molecular complexity index is 838. The SMILES string of the molecule is CC(C)n1ncnc1-c1cn2c(n1)C1=CN(C(F)F)C=CC1OCC2. The van der Waals surface area contributed by atoms with Crippen molar-refractivity contribution in [1.82, 2.24) is 29.2 Å². The first-order valence-corrected chi connectivity index (χ1v) is 8.09. The third kappa shape index (κ3) is 2.74. The van der Waals surface area contributed by atoms with Crippen molar-refractivity contribution in [3.05, 3.63) is 36.8 Å². The molecule has 0 saturated heterocycles. The molecule has 1 atom stereocenters. The van der Waals surface area contributed by atoms with Gasteiger partial charge in [-0.2, -0.15) is 13.9 Å². The maximum atomic E-state index is 13.1. The monoisotopic (exact) mass is 348 g/mol. The number of aromatic nitrogens is 5. The summed E-state index contributed by atoms with van der Waals surface area (Å²) in [4.78, 5) is 9.82. The molecule has 4 heterocycles. The Labute approximate surface area is 143 Å². The molecule has 2 aliphatic heterocycles. The highest BCUT2D eigenvalue weighted by molar-refractivity contribution is 5.69. The molecule has 0 aromatic carbocycles. The van der Waals surface area contributed by atoms with Gasteiger partial charge in [0.25, 0.3) is 0 Å². The van der Waals surface area contributed by atoms with Gasteiger partial charge in [0.1, 0.15) is 23.9 Å². The summed E-state index contributed by atoms with van der Waals surface area (Å²) >= 11 is 0. The van der Waals surface area contributed by atoms with Crippen LogP contribution in [0, 0.1) is 0 Å². The van der Waals surface area contributed by atoms with Crippen LogP contribution in [-0.4, -0.2) is 48.5 Å². The maximum Gasteiger partial charge on any atom is 0.318 e. The number of imidazole rings is 1. The lowest BCUT2D eigenvalue weighted by atomic mass is 10.1. The van der Waals surface area contributed by atoms with Gasteiger partial charge in [-0.25, -0.2) is 14.6 Å². The van der Waals surface area contributed by atoms with E-state index < -0.39 is 6.55 Å². The third-order valence-corrected chi connectivity index (χ3v) is 4.21. The van der Waals surface area contributed by atoms with Crippen LogP contribution in [0.2, 0.25) is 0 Å². The van der Waals surface area contributed by atoms with Crippen LogP contribution in [0.25, 0.3) is 17.1 Å². The Balaban J connectivity index is 1.78. The van der Waals surface area contributed by atoms with Crippen LogP contribution in [0.4, 0.5) is 8.78 Å². The van der Waals surface area contributed by atoms with E-state index in [4.69, 9.17) is 4.74 Å². The number of halogens is 2. The van der Waals surface area contributed by atoms with Crippen molar-refractivity contribution in [2.45, 2.75) is 39.1 Å². The summed E-state index contributed by atoms with van der Waals surface area (Å²) in [5.41, 5.74) is 1.28. The molecule has 0 N–H and O–H groups in total. The lowest BCUT2D eigenvalue weighted by Gasteiger charge is -2.24. The van der Waals surface area contributed by atoms with Crippen LogP contribution < -0.4 is 0 Å². The molecule has 0 radical (unpaired) electrons. The van der Waals surface area contributed by atoms with Crippen LogP contribution >= 0.6 is 0 Å². The number of nitrogens with zero attached hydrogens (tertiary/aromatic N) is 6. The van der Waals surface area contributed by atoms with Gasteiger partial charge in [0.05, 0.1) is 6.61 Å². The number of alkyl halides is 2. The molecule has 1 unspecified atom stereocenters. The number of hydrogen-bond donors (Lipinski definition) is 0. The molecule has 0 bridgehead atoms. The standard InChI is InChI=1S/C16H18F2N6O/c1-10(2)24-15(19-9-20-24)12-8-22-5-6-25-13-3-4-23(16(17)18)7-11(13)14(22)21-12/h3-4,7-10,13,16H,5-6H2,1-2H3. The predicted molar refractivity (Wildman–Crippen MR) is 86.3 cm³/mol. The van der Waals surface area contributed by atoms with E-state index in [0.717, 1.165) is 4.90 Å². The van der Waals surface area contributed by atoms with Gasteiger partial charge < -0.3 is 9.30 Å². The molecule has 0 spiro atoms. The molecule has 9 heteroatoms. The molecular weight excluding hydrogens is 330 g/mol. The normalized spacial score (nSPS) is 19.8. The zero-order valence-corrected chi connectivity index (χ0v) is 13.9. The maximum absolute atomic E-state index is 13.1. The highest BCUT2D eigenvalue weighted by Crippen LogP contribution is 2.31.